The maximum Gasteiger partial charge on any atom is 0.221 e. The van der Waals surface area contributed by atoms with Gasteiger partial charge in [0.25, 0.3) is 0 Å². The largest absolute Gasteiger partial charge is 0.356 e. The number of benzene rings is 2. The fourth-order valence-corrected chi connectivity index (χ4v) is 3.75. The van der Waals surface area contributed by atoms with Gasteiger partial charge < -0.3 is 10.2 Å². The predicted octanol–water partition coefficient (Wildman–Crippen LogP) is 3.83. The normalized spacial score (nSPS) is 15.6. The second-order valence-electron chi connectivity index (χ2n) is 7.42. The van der Waals surface area contributed by atoms with Crippen LogP contribution in [0.1, 0.15) is 30.4 Å². The minimum Gasteiger partial charge on any atom is -0.356 e. The van der Waals surface area contributed by atoms with Crippen molar-refractivity contribution >= 4 is 5.91 Å². The van der Waals surface area contributed by atoms with E-state index in [1.54, 1.807) is 12.1 Å². The maximum absolute atomic E-state index is 13.6. The summed E-state index contributed by atoms with van der Waals surface area (Å²) in [6, 6.07) is 17.4. The van der Waals surface area contributed by atoms with Gasteiger partial charge in [-0.05, 0) is 61.9 Å². The third kappa shape index (κ3) is 6.47. The van der Waals surface area contributed by atoms with E-state index in [0.29, 0.717) is 24.9 Å². The van der Waals surface area contributed by atoms with Crippen LogP contribution in [0.4, 0.5) is 4.39 Å². The Morgan fingerprint density at radius 1 is 1.04 bits per heavy atom. The topological polar surface area (TPSA) is 32.3 Å². The van der Waals surface area contributed by atoms with E-state index in [9.17, 15) is 9.18 Å². The molecule has 0 bridgehead atoms. The lowest BCUT2D eigenvalue weighted by Crippen LogP contribution is -2.37. The van der Waals surface area contributed by atoms with Crippen molar-refractivity contribution in [1.29, 1.82) is 0 Å². The number of piperidine rings is 1. The first-order chi connectivity index (χ1) is 13.2. The van der Waals surface area contributed by atoms with Crippen LogP contribution in [0.2, 0.25) is 0 Å². The third-order valence-corrected chi connectivity index (χ3v) is 5.40. The van der Waals surface area contributed by atoms with E-state index in [1.807, 2.05) is 6.07 Å². The van der Waals surface area contributed by atoms with Crippen molar-refractivity contribution in [3.8, 4) is 0 Å². The van der Waals surface area contributed by atoms with E-state index in [1.165, 1.54) is 24.5 Å². The van der Waals surface area contributed by atoms with Crippen LogP contribution in [-0.4, -0.2) is 37.0 Å². The molecule has 0 saturated carbocycles. The number of carbonyl (C=O) groups is 1. The minimum atomic E-state index is -0.204. The molecule has 3 rings (SSSR count). The molecule has 0 spiro atoms. The van der Waals surface area contributed by atoms with Crippen LogP contribution < -0.4 is 5.32 Å². The average Bonchev–Trinajstić information content (AvgIpc) is 2.70. The molecule has 144 valence electrons. The van der Waals surface area contributed by atoms with E-state index in [-0.39, 0.29) is 11.7 Å². The Morgan fingerprint density at radius 2 is 1.74 bits per heavy atom. The van der Waals surface area contributed by atoms with E-state index < -0.39 is 0 Å². The summed E-state index contributed by atoms with van der Waals surface area (Å²) in [5, 5.41) is 2.91. The molecule has 1 aliphatic rings. The molecule has 2 aromatic carbocycles. The second kappa shape index (κ2) is 10.2. The standard InChI is InChI=1S/C23H29FN2O/c24-22-9-5-4-8-21(22)10-14-25-23(27)13-17-26-15-11-20(12-16-26)18-19-6-2-1-3-7-19/h1-9,20H,10-18H2,(H,25,27). The van der Waals surface area contributed by atoms with E-state index >= 15 is 0 Å². The molecule has 4 heteroatoms. The number of rotatable bonds is 8. The summed E-state index contributed by atoms with van der Waals surface area (Å²) in [4.78, 5) is 14.4. The Bertz CT molecular complexity index is 711. The fraction of sp³-hybridized carbons (Fsp3) is 0.435. The molecular weight excluding hydrogens is 339 g/mol. The third-order valence-electron chi connectivity index (χ3n) is 5.40. The van der Waals surface area contributed by atoms with Crippen LogP contribution >= 0.6 is 0 Å². The van der Waals surface area contributed by atoms with Crippen LogP contribution in [0.25, 0.3) is 0 Å². The van der Waals surface area contributed by atoms with Crippen molar-refractivity contribution < 1.29 is 9.18 Å². The Morgan fingerprint density at radius 3 is 2.48 bits per heavy atom. The number of carbonyl (C=O) groups excluding carboxylic acids is 1. The first kappa shape index (κ1) is 19.6. The maximum atomic E-state index is 13.6. The van der Waals surface area contributed by atoms with Crippen molar-refractivity contribution in [2.45, 2.75) is 32.1 Å². The molecule has 0 aliphatic carbocycles. The molecule has 1 heterocycles. The van der Waals surface area contributed by atoms with Gasteiger partial charge in [-0.15, -0.1) is 0 Å². The summed E-state index contributed by atoms with van der Waals surface area (Å²) in [5.74, 6) is 0.598. The minimum absolute atomic E-state index is 0.0535. The van der Waals surface area contributed by atoms with Crippen LogP contribution in [0.3, 0.4) is 0 Å². The predicted molar refractivity (Wildman–Crippen MR) is 107 cm³/mol. The summed E-state index contributed by atoms with van der Waals surface area (Å²) < 4.78 is 13.6. The summed E-state index contributed by atoms with van der Waals surface area (Å²) in [6.07, 6.45) is 4.60. The molecule has 1 amide bonds. The van der Waals surface area contributed by atoms with Gasteiger partial charge in [0.2, 0.25) is 5.91 Å². The molecule has 1 fully saturated rings. The van der Waals surface area contributed by atoms with Gasteiger partial charge in [-0.2, -0.15) is 0 Å². The zero-order valence-electron chi connectivity index (χ0n) is 15.9. The van der Waals surface area contributed by atoms with Gasteiger partial charge in [0.05, 0.1) is 0 Å². The molecular formula is C23H29FN2O. The van der Waals surface area contributed by atoms with Crippen LogP contribution in [0.15, 0.2) is 54.6 Å². The van der Waals surface area contributed by atoms with E-state index in [2.05, 4.69) is 40.5 Å². The quantitative estimate of drug-likeness (QED) is 0.768. The Kier molecular flexibility index (Phi) is 7.40. The van der Waals surface area contributed by atoms with Gasteiger partial charge in [-0.3, -0.25) is 4.79 Å². The molecule has 0 radical (unpaired) electrons. The highest BCUT2D eigenvalue weighted by Crippen LogP contribution is 2.21. The number of likely N-dealkylation sites (tertiary alicyclic amines) is 1. The lowest BCUT2D eigenvalue weighted by Gasteiger charge is -2.31. The van der Waals surface area contributed by atoms with Gasteiger partial charge in [0.15, 0.2) is 0 Å². The van der Waals surface area contributed by atoms with Crippen molar-refractivity contribution in [2.75, 3.05) is 26.2 Å². The van der Waals surface area contributed by atoms with E-state index in [4.69, 9.17) is 0 Å². The first-order valence-corrected chi connectivity index (χ1v) is 9.97. The Balaban J connectivity index is 1.29. The molecule has 3 nitrogen and oxygen atoms in total. The van der Waals surface area contributed by atoms with Crippen molar-refractivity contribution in [3.63, 3.8) is 0 Å². The highest BCUT2D eigenvalue weighted by atomic mass is 19.1. The van der Waals surface area contributed by atoms with Gasteiger partial charge in [-0.1, -0.05) is 48.5 Å². The summed E-state index contributed by atoms with van der Waals surface area (Å²) in [5.41, 5.74) is 2.07. The molecule has 2 aromatic rings. The molecule has 1 aliphatic heterocycles. The molecule has 0 aromatic heterocycles. The zero-order valence-corrected chi connectivity index (χ0v) is 15.9. The lowest BCUT2D eigenvalue weighted by molar-refractivity contribution is -0.121. The number of hydrogen-bond donors (Lipinski definition) is 1. The fourth-order valence-electron chi connectivity index (χ4n) is 3.75. The second-order valence-corrected chi connectivity index (χ2v) is 7.42. The number of nitrogens with one attached hydrogen (secondary N) is 1. The summed E-state index contributed by atoms with van der Waals surface area (Å²) in [7, 11) is 0. The zero-order chi connectivity index (χ0) is 18.9. The summed E-state index contributed by atoms with van der Waals surface area (Å²) in [6.45, 7) is 3.43. The lowest BCUT2D eigenvalue weighted by atomic mass is 9.90. The number of halogens is 1. The van der Waals surface area contributed by atoms with Gasteiger partial charge in [-0.25, -0.2) is 4.39 Å². The van der Waals surface area contributed by atoms with Crippen LogP contribution in [0.5, 0.6) is 0 Å². The monoisotopic (exact) mass is 368 g/mol. The van der Waals surface area contributed by atoms with Gasteiger partial charge in [0.1, 0.15) is 5.82 Å². The highest BCUT2D eigenvalue weighted by molar-refractivity contribution is 5.76. The molecule has 1 N–H and O–H groups in total. The van der Waals surface area contributed by atoms with E-state index in [0.717, 1.165) is 32.0 Å². The van der Waals surface area contributed by atoms with Crippen molar-refractivity contribution in [2.24, 2.45) is 5.92 Å². The van der Waals surface area contributed by atoms with Gasteiger partial charge >= 0.3 is 0 Å². The van der Waals surface area contributed by atoms with Crippen molar-refractivity contribution in [3.05, 3.63) is 71.5 Å². The van der Waals surface area contributed by atoms with Crippen LogP contribution in [-0.2, 0) is 17.6 Å². The van der Waals surface area contributed by atoms with Crippen molar-refractivity contribution in [1.82, 2.24) is 10.2 Å². The molecule has 27 heavy (non-hydrogen) atoms. The number of amides is 1. The van der Waals surface area contributed by atoms with Gasteiger partial charge in [0, 0.05) is 19.5 Å². The number of nitrogens with zero attached hydrogens (tertiary/aromatic N) is 1. The smallest absolute Gasteiger partial charge is 0.221 e. The van der Waals surface area contributed by atoms with Crippen LogP contribution in [0, 0.1) is 11.7 Å². The first-order valence-electron chi connectivity index (χ1n) is 9.97. The Hall–Kier alpha value is -2.20. The molecule has 1 saturated heterocycles. The summed E-state index contributed by atoms with van der Waals surface area (Å²) >= 11 is 0. The molecule has 0 unspecified atom stereocenters. The highest BCUT2D eigenvalue weighted by Gasteiger charge is 2.19. The number of hydrogen-bond acceptors (Lipinski definition) is 2. The Labute approximate surface area is 161 Å². The SMILES string of the molecule is O=C(CCN1CCC(Cc2ccccc2)CC1)NCCc1ccccc1F. The average molecular weight is 368 g/mol. The molecule has 0 atom stereocenters.